The second-order valence-corrected chi connectivity index (χ2v) is 14.0. The highest BCUT2D eigenvalue weighted by molar-refractivity contribution is 7.89. The van der Waals surface area contributed by atoms with Crippen LogP contribution in [0.25, 0.3) is 0 Å². The molecule has 1 N–H and O–H groups in total. The largest absolute Gasteiger partial charge is 0.493 e. The van der Waals surface area contributed by atoms with E-state index in [2.05, 4.69) is 0 Å². The van der Waals surface area contributed by atoms with Gasteiger partial charge in [0.15, 0.2) is 5.78 Å². The predicted molar refractivity (Wildman–Crippen MR) is 169 cm³/mol. The number of ketones is 1. The van der Waals surface area contributed by atoms with Crippen LogP contribution < -0.4 is 9.47 Å². The number of carboxylic acids is 1. The molecule has 0 radical (unpaired) electrons. The number of Topliss-reactive ketones (excluding diaryl/α,β-unsaturated/α-hetero) is 1. The third-order valence-corrected chi connectivity index (χ3v) is 11.0. The monoisotopic (exact) mass is 633 g/mol. The van der Waals surface area contributed by atoms with E-state index < -0.39 is 33.9 Å². The minimum absolute atomic E-state index is 0.0764. The van der Waals surface area contributed by atoms with E-state index in [-0.39, 0.29) is 23.8 Å². The average molecular weight is 634 g/mol. The van der Waals surface area contributed by atoms with Gasteiger partial charge in [0.2, 0.25) is 10.0 Å². The van der Waals surface area contributed by atoms with Crippen molar-refractivity contribution >= 4 is 33.1 Å². The molecule has 230 valence electrons. The lowest BCUT2D eigenvalue weighted by Crippen LogP contribution is -2.37. The summed E-state index contributed by atoms with van der Waals surface area (Å²) in [4.78, 5) is 25.6. The fraction of sp³-hybridized carbons (Fsp3) is 0.294. The fourth-order valence-electron chi connectivity index (χ4n) is 5.36. The van der Waals surface area contributed by atoms with Crippen LogP contribution in [0.5, 0.6) is 11.5 Å². The van der Waals surface area contributed by atoms with Crippen LogP contribution in [0.15, 0.2) is 89.8 Å². The van der Waals surface area contributed by atoms with Crippen LogP contribution in [0.2, 0.25) is 0 Å². The smallest absolute Gasteiger partial charge is 0.307 e. The molecule has 8 nitrogen and oxygen atoms in total. The van der Waals surface area contributed by atoms with E-state index in [4.69, 9.17) is 9.47 Å². The van der Waals surface area contributed by atoms with Crippen molar-refractivity contribution < 1.29 is 32.6 Å². The number of para-hydroxylation sites is 2. The number of rotatable bonds is 11. The Bertz CT molecular complexity index is 1750. The van der Waals surface area contributed by atoms with Gasteiger partial charge in [0.25, 0.3) is 0 Å². The Labute approximate surface area is 261 Å². The summed E-state index contributed by atoms with van der Waals surface area (Å²) >= 11 is 1.29. The summed E-state index contributed by atoms with van der Waals surface area (Å²) in [6, 6.07) is 25.3. The summed E-state index contributed by atoms with van der Waals surface area (Å²) in [6.45, 7) is 5.58. The minimum atomic E-state index is -3.93. The average Bonchev–Trinajstić information content (AvgIpc) is 3.45. The second-order valence-electron chi connectivity index (χ2n) is 11.0. The first kappa shape index (κ1) is 31.4. The molecule has 1 aliphatic rings. The summed E-state index contributed by atoms with van der Waals surface area (Å²) in [7, 11) is -3.93. The lowest BCUT2D eigenvalue weighted by molar-refractivity contribution is -0.141. The molecule has 1 aromatic heterocycles. The van der Waals surface area contributed by atoms with Crippen molar-refractivity contribution in [3.8, 4) is 11.5 Å². The fourth-order valence-corrected chi connectivity index (χ4v) is 8.07. The predicted octanol–water partition coefficient (Wildman–Crippen LogP) is 6.53. The second kappa shape index (κ2) is 13.3. The highest BCUT2D eigenvalue weighted by Gasteiger charge is 2.35. The number of carboxylic acid groups (broad SMARTS) is 1. The molecule has 5 rings (SSSR count). The number of carbonyl (C=O) groups excluding carboxylic acids is 1. The quantitative estimate of drug-likeness (QED) is 0.187. The highest BCUT2D eigenvalue weighted by Crippen LogP contribution is 2.38. The van der Waals surface area contributed by atoms with Gasteiger partial charge in [0.05, 0.1) is 23.9 Å². The van der Waals surface area contributed by atoms with Crippen molar-refractivity contribution in [2.45, 2.75) is 50.7 Å². The molecule has 44 heavy (non-hydrogen) atoms. The number of hydrogen-bond donors (Lipinski definition) is 1. The Morgan fingerprint density at radius 2 is 1.77 bits per heavy atom. The number of nitrogens with zero attached hydrogens (tertiary/aromatic N) is 1. The van der Waals surface area contributed by atoms with Crippen molar-refractivity contribution in [2.24, 2.45) is 5.92 Å². The number of sulfonamides is 1. The van der Waals surface area contributed by atoms with Gasteiger partial charge >= 0.3 is 5.97 Å². The lowest BCUT2D eigenvalue weighted by Gasteiger charge is -2.25. The molecule has 10 heteroatoms. The van der Waals surface area contributed by atoms with Crippen LogP contribution in [-0.2, 0) is 21.4 Å². The van der Waals surface area contributed by atoms with Crippen LogP contribution in [0.4, 0.5) is 0 Å². The number of ether oxygens (including phenoxy) is 2. The number of benzene rings is 3. The number of thiophene rings is 1. The van der Waals surface area contributed by atoms with Gasteiger partial charge in [-0.3, -0.25) is 9.59 Å². The van der Waals surface area contributed by atoms with Gasteiger partial charge in [-0.05, 0) is 66.9 Å². The maximum atomic E-state index is 14.0. The Morgan fingerprint density at radius 1 is 1.05 bits per heavy atom. The summed E-state index contributed by atoms with van der Waals surface area (Å²) in [5, 5.41) is 9.97. The van der Waals surface area contributed by atoms with Crippen molar-refractivity contribution in [1.29, 1.82) is 0 Å². The first-order valence-electron chi connectivity index (χ1n) is 14.4. The van der Waals surface area contributed by atoms with E-state index in [1.165, 1.54) is 22.6 Å². The Kier molecular flexibility index (Phi) is 9.53. The SMILES string of the molecule is CC(=O)c1ccc(C(c2ccc(C)c(CN3CC(CCOc4ccccc4)Oc4ccccc4S3(=O)=O)c2)C(C)C(=O)O)s1. The molecule has 3 unspecified atom stereocenters. The molecule has 3 aromatic carbocycles. The topological polar surface area (TPSA) is 110 Å². The third-order valence-electron chi connectivity index (χ3n) is 7.87. The molecule has 0 amide bonds. The lowest BCUT2D eigenvalue weighted by atomic mass is 9.84. The van der Waals surface area contributed by atoms with E-state index in [9.17, 15) is 23.1 Å². The molecule has 0 bridgehead atoms. The first-order valence-corrected chi connectivity index (χ1v) is 16.7. The number of hydrogen-bond acceptors (Lipinski definition) is 7. The maximum Gasteiger partial charge on any atom is 0.307 e. The van der Waals surface area contributed by atoms with Gasteiger partial charge in [-0.25, -0.2) is 8.42 Å². The Balaban J connectivity index is 1.46. The van der Waals surface area contributed by atoms with Crippen LogP contribution in [-0.4, -0.2) is 48.8 Å². The summed E-state index contributed by atoms with van der Waals surface area (Å²) in [5.41, 5.74) is 2.38. The number of fused-ring (bicyclic) bond motifs is 1. The highest BCUT2D eigenvalue weighted by atomic mass is 32.2. The number of carbonyl (C=O) groups is 2. The summed E-state index contributed by atoms with van der Waals surface area (Å²) in [5.74, 6) is -1.30. The minimum Gasteiger partial charge on any atom is -0.493 e. The molecule has 0 saturated carbocycles. The van der Waals surface area contributed by atoms with E-state index in [0.717, 1.165) is 27.3 Å². The number of aryl methyl sites for hydroxylation is 1. The van der Waals surface area contributed by atoms with Gasteiger partial charge in [-0.1, -0.05) is 55.5 Å². The summed E-state index contributed by atoms with van der Waals surface area (Å²) < 4.78 is 41.5. The van der Waals surface area contributed by atoms with E-state index in [1.54, 1.807) is 43.3 Å². The molecule has 0 saturated heterocycles. The Morgan fingerprint density at radius 3 is 2.48 bits per heavy atom. The molecule has 3 atom stereocenters. The molecule has 1 aliphatic heterocycles. The van der Waals surface area contributed by atoms with Crippen molar-refractivity contribution in [1.82, 2.24) is 4.31 Å². The zero-order chi connectivity index (χ0) is 31.4. The van der Waals surface area contributed by atoms with Crippen molar-refractivity contribution in [3.05, 3.63) is 111 Å². The van der Waals surface area contributed by atoms with E-state index in [0.29, 0.717) is 23.7 Å². The van der Waals surface area contributed by atoms with E-state index >= 15 is 0 Å². The standard InChI is InChI=1S/C34H35NO7S2/c1-22-13-14-25(33(23(2)34(37)38)31-16-15-30(43-31)24(3)36)19-26(22)20-35-21-28(17-18-41-27-9-5-4-6-10-27)42-29-11-7-8-12-32(29)44(35,39)40/h4-16,19,23,28,33H,17-18,20-21H2,1-3H3,(H,37,38). The molecule has 0 aliphatic carbocycles. The normalized spacial score (nSPS) is 17.5. The Hall–Kier alpha value is -3.99. The maximum absolute atomic E-state index is 14.0. The van der Waals surface area contributed by atoms with Gasteiger partial charge in [-0.15, -0.1) is 11.3 Å². The number of aliphatic carboxylic acids is 1. The molecule has 2 heterocycles. The zero-order valence-corrected chi connectivity index (χ0v) is 26.4. The van der Waals surface area contributed by atoms with Crippen molar-refractivity contribution in [3.63, 3.8) is 0 Å². The molecule has 0 fully saturated rings. The molecular weight excluding hydrogens is 599 g/mol. The van der Waals surface area contributed by atoms with Gasteiger partial charge in [-0.2, -0.15) is 4.31 Å². The molecule has 0 spiro atoms. The van der Waals surface area contributed by atoms with Gasteiger partial charge < -0.3 is 14.6 Å². The van der Waals surface area contributed by atoms with E-state index in [1.807, 2.05) is 55.5 Å². The van der Waals surface area contributed by atoms with Crippen LogP contribution in [0.3, 0.4) is 0 Å². The van der Waals surface area contributed by atoms with Crippen LogP contribution in [0.1, 0.15) is 57.4 Å². The molecular formula is C34H35NO7S2. The van der Waals surface area contributed by atoms with Crippen LogP contribution in [0, 0.1) is 12.8 Å². The zero-order valence-electron chi connectivity index (χ0n) is 24.8. The first-order chi connectivity index (χ1) is 21.0. The van der Waals surface area contributed by atoms with Gasteiger partial charge in [0, 0.05) is 23.8 Å². The van der Waals surface area contributed by atoms with Crippen molar-refractivity contribution in [2.75, 3.05) is 13.2 Å². The molecule has 4 aromatic rings. The third kappa shape index (κ3) is 6.88. The van der Waals surface area contributed by atoms with Crippen LogP contribution >= 0.6 is 11.3 Å². The van der Waals surface area contributed by atoms with Gasteiger partial charge in [0.1, 0.15) is 22.5 Å². The summed E-state index contributed by atoms with van der Waals surface area (Å²) in [6.07, 6.45) is 0.0000892.